The topological polar surface area (TPSA) is 63.9 Å². The Balaban J connectivity index is 2.00. The van der Waals surface area contributed by atoms with Crippen LogP contribution in [0.15, 0.2) is 24.4 Å². The summed E-state index contributed by atoms with van der Waals surface area (Å²) in [6.07, 6.45) is 1.24. The highest BCUT2D eigenvalue weighted by atomic mass is 16.6. The highest BCUT2D eigenvalue weighted by Crippen LogP contribution is 2.33. The van der Waals surface area contributed by atoms with E-state index in [2.05, 4.69) is 0 Å². The Morgan fingerprint density at radius 1 is 1.50 bits per heavy atom. The summed E-state index contributed by atoms with van der Waals surface area (Å²) in [6, 6.07) is 5.09. The van der Waals surface area contributed by atoms with Crippen LogP contribution in [-0.2, 0) is 16.5 Å². The van der Waals surface area contributed by atoms with Crippen LogP contribution in [-0.4, -0.2) is 42.1 Å². The molecule has 1 aliphatic heterocycles. The highest BCUT2D eigenvalue weighted by Gasteiger charge is 2.33. The number of rotatable bonds is 3. The number of aromatic hydroxyl groups is 1. The average Bonchev–Trinajstić information content (AvgIpc) is 2.91. The third-order valence-electron chi connectivity index (χ3n) is 3.47. The van der Waals surface area contributed by atoms with Gasteiger partial charge in [0.05, 0.1) is 24.4 Å². The zero-order valence-electron chi connectivity index (χ0n) is 11.4. The van der Waals surface area contributed by atoms with E-state index < -0.39 is 0 Å². The second kappa shape index (κ2) is 4.72. The predicted octanol–water partition coefficient (Wildman–Crippen LogP) is 1.86. The standard InChI is InChI=1S/C14H16N2O4/c1-15-7-13(11-4-3-9(17)5-12(11)15)16-6-10(8-19-2)20-14(16)18/h3-5,7,10,17H,6,8H2,1-2H3. The predicted molar refractivity (Wildman–Crippen MR) is 74.1 cm³/mol. The fourth-order valence-electron chi connectivity index (χ4n) is 2.56. The number of phenolic OH excluding ortho intramolecular Hbond substituents is 1. The lowest BCUT2D eigenvalue weighted by molar-refractivity contribution is 0.0718. The number of carbonyl (C=O) groups excluding carboxylic acids is 1. The number of ether oxygens (including phenoxy) is 2. The van der Waals surface area contributed by atoms with E-state index in [-0.39, 0.29) is 17.9 Å². The van der Waals surface area contributed by atoms with E-state index >= 15 is 0 Å². The van der Waals surface area contributed by atoms with Gasteiger partial charge < -0.3 is 19.1 Å². The first-order valence-electron chi connectivity index (χ1n) is 6.35. The molecule has 1 N–H and O–H groups in total. The number of methoxy groups -OCH3 is 1. The van der Waals surface area contributed by atoms with Crippen molar-refractivity contribution in [3.05, 3.63) is 24.4 Å². The first kappa shape index (κ1) is 12.8. The number of carbonyl (C=O) groups is 1. The Kier molecular flexibility index (Phi) is 3.02. The smallest absolute Gasteiger partial charge is 0.414 e. The summed E-state index contributed by atoms with van der Waals surface area (Å²) in [7, 11) is 3.45. The molecule has 1 aromatic carbocycles. The van der Waals surface area contributed by atoms with Crippen molar-refractivity contribution in [1.82, 2.24) is 4.57 Å². The number of cyclic esters (lactones) is 1. The fraction of sp³-hybridized carbons (Fsp3) is 0.357. The van der Waals surface area contributed by atoms with Gasteiger partial charge in [-0.25, -0.2) is 4.79 Å². The fourth-order valence-corrected chi connectivity index (χ4v) is 2.56. The third-order valence-corrected chi connectivity index (χ3v) is 3.47. The van der Waals surface area contributed by atoms with Crippen LogP contribution < -0.4 is 4.90 Å². The lowest BCUT2D eigenvalue weighted by Gasteiger charge is -2.11. The van der Waals surface area contributed by atoms with Gasteiger partial charge in [0, 0.05) is 31.8 Å². The summed E-state index contributed by atoms with van der Waals surface area (Å²) in [5, 5.41) is 10.5. The van der Waals surface area contributed by atoms with E-state index in [1.165, 1.54) is 0 Å². The van der Waals surface area contributed by atoms with Crippen LogP contribution in [0.1, 0.15) is 0 Å². The molecule has 0 radical (unpaired) electrons. The molecule has 6 nitrogen and oxygen atoms in total. The number of fused-ring (bicyclic) bond motifs is 1. The van der Waals surface area contributed by atoms with Gasteiger partial charge in [-0.15, -0.1) is 0 Å². The largest absolute Gasteiger partial charge is 0.508 e. The van der Waals surface area contributed by atoms with Crippen molar-refractivity contribution in [3.8, 4) is 5.75 Å². The molecule has 2 heterocycles. The summed E-state index contributed by atoms with van der Waals surface area (Å²) in [4.78, 5) is 13.6. The summed E-state index contributed by atoms with van der Waals surface area (Å²) >= 11 is 0. The number of hydrogen-bond acceptors (Lipinski definition) is 4. The average molecular weight is 276 g/mol. The zero-order valence-corrected chi connectivity index (χ0v) is 11.4. The van der Waals surface area contributed by atoms with Crippen molar-refractivity contribution in [3.63, 3.8) is 0 Å². The number of phenols is 1. The van der Waals surface area contributed by atoms with Crippen LogP contribution in [0.5, 0.6) is 5.75 Å². The molecular weight excluding hydrogens is 260 g/mol. The number of nitrogens with zero attached hydrogens (tertiary/aromatic N) is 2. The molecule has 0 spiro atoms. The minimum Gasteiger partial charge on any atom is -0.508 e. The molecule has 1 unspecified atom stereocenters. The summed E-state index contributed by atoms with van der Waals surface area (Å²) in [5.74, 6) is 0.200. The maximum Gasteiger partial charge on any atom is 0.414 e. The highest BCUT2D eigenvalue weighted by molar-refractivity contribution is 6.02. The molecule has 1 saturated heterocycles. The number of aryl methyl sites for hydroxylation is 1. The van der Waals surface area contributed by atoms with Crippen molar-refractivity contribution < 1.29 is 19.4 Å². The second-order valence-electron chi connectivity index (χ2n) is 4.90. The minimum absolute atomic E-state index is 0.200. The van der Waals surface area contributed by atoms with Gasteiger partial charge in [0.2, 0.25) is 0 Å². The molecule has 1 amide bonds. The SMILES string of the molecule is COCC1CN(c2cn(C)c3cc(O)ccc23)C(=O)O1. The quantitative estimate of drug-likeness (QED) is 0.929. The molecule has 6 heteroatoms. The molecule has 1 aromatic heterocycles. The summed E-state index contributed by atoms with van der Waals surface area (Å²) < 4.78 is 12.2. The van der Waals surface area contributed by atoms with Gasteiger partial charge in [-0.05, 0) is 12.1 Å². The van der Waals surface area contributed by atoms with E-state index in [1.54, 1.807) is 30.2 Å². The van der Waals surface area contributed by atoms with E-state index in [0.717, 1.165) is 16.6 Å². The lowest BCUT2D eigenvalue weighted by Crippen LogP contribution is -2.25. The van der Waals surface area contributed by atoms with Crippen LogP contribution in [0, 0.1) is 0 Å². The second-order valence-corrected chi connectivity index (χ2v) is 4.90. The Labute approximate surface area is 116 Å². The third kappa shape index (κ3) is 1.98. The van der Waals surface area contributed by atoms with Gasteiger partial charge in [-0.1, -0.05) is 0 Å². The number of benzene rings is 1. The van der Waals surface area contributed by atoms with Crippen LogP contribution in [0.3, 0.4) is 0 Å². The van der Waals surface area contributed by atoms with E-state index in [4.69, 9.17) is 9.47 Å². The Bertz CT molecular complexity index is 664. The molecule has 0 aliphatic carbocycles. The number of hydrogen-bond donors (Lipinski definition) is 1. The zero-order chi connectivity index (χ0) is 14.3. The normalized spacial score (nSPS) is 18.8. The summed E-state index contributed by atoms with van der Waals surface area (Å²) in [6.45, 7) is 0.848. The number of amides is 1. The molecule has 2 aromatic rings. The molecule has 20 heavy (non-hydrogen) atoms. The monoisotopic (exact) mass is 276 g/mol. The molecule has 1 aliphatic rings. The first-order valence-corrected chi connectivity index (χ1v) is 6.35. The van der Waals surface area contributed by atoms with E-state index in [1.807, 2.05) is 17.8 Å². The van der Waals surface area contributed by atoms with Crippen molar-refractivity contribution in [2.75, 3.05) is 25.2 Å². The van der Waals surface area contributed by atoms with Crippen LogP contribution in [0.2, 0.25) is 0 Å². The molecular formula is C14H16N2O4. The van der Waals surface area contributed by atoms with Gasteiger partial charge in [-0.2, -0.15) is 0 Å². The number of anilines is 1. The van der Waals surface area contributed by atoms with Gasteiger partial charge in [0.25, 0.3) is 0 Å². The van der Waals surface area contributed by atoms with E-state index in [0.29, 0.717) is 13.2 Å². The Morgan fingerprint density at radius 3 is 3.05 bits per heavy atom. The van der Waals surface area contributed by atoms with Gasteiger partial charge in [-0.3, -0.25) is 4.90 Å². The first-order chi connectivity index (χ1) is 9.60. The Morgan fingerprint density at radius 2 is 2.30 bits per heavy atom. The van der Waals surface area contributed by atoms with Crippen LogP contribution in [0.4, 0.5) is 10.5 Å². The van der Waals surface area contributed by atoms with Crippen molar-refractivity contribution in [2.45, 2.75) is 6.10 Å². The van der Waals surface area contributed by atoms with Crippen molar-refractivity contribution in [2.24, 2.45) is 7.05 Å². The van der Waals surface area contributed by atoms with Gasteiger partial charge in [0.15, 0.2) is 0 Å². The molecule has 1 atom stereocenters. The minimum atomic E-state index is -0.368. The van der Waals surface area contributed by atoms with E-state index in [9.17, 15) is 9.90 Å². The molecule has 3 rings (SSSR count). The molecule has 0 bridgehead atoms. The van der Waals surface area contributed by atoms with Crippen molar-refractivity contribution >= 4 is 22.7 Å². The van der Waals surface area contributed by atoms with Gasteiger partial charge >= 0.3 is 6.09 Å². The summed E-state index contributed by atoms with van der Waals surface area (Å²) in [5.41, 5.74) is 1.65. The molecule has 106 valence electrons. The Hall–Kier alpha value is -2.21. The molecule has 1 fully saturated rings. The van der Waals surface area contributed by atoms with Crippen LogP contribution in [0.25, 0.3) is 10.9 Å². The van der Waals surface area contributed by atoms with Crippen molar-refractivity contribution in [1.29, 1.82) is 0 Å². The maximum absolute atomic E-state index is 12.0. The molecule has 0 saturated carbocycles. The van der Waals surface area contributed by atoms with Gasteiger partial charge in [0.1, 0.15) is 11.9 Å². The number of aromatic nitrogens is 1. The lowest BCUT2D eigenvalue weighted by atomic mass is 10.2. The van der Waals surface area contributed by atoms with Crippen LogP contribution >= 0.6 is 0 Å². The maximum atomic E-state index is 12.0.